The lowest BCUT2D eigenvalue weighted by Crippen LogP contribution is -2.38. The summed E-state index contributed by atoms with van der Waals surface area (Å²) in [6.45, 7) is 0. The highest BCUT2D eigenvalue weighted by Gasteiger charge is 2.09. The van der Waals surface area contributed by atoms with Crippen LogP contribution in [0, 0.1) is 0 Å². The number of benzene rings is 1. The third-order valence-electron chi connectivity index (χ3n) is 2.31. The minimum Gasteiger partial charge on any atom is -0.478 e. The summed E-state index contributed by atoms with van der Waals surface area (Å²) in [4.78, 5) is 23.6. The zero-order valence-electron chi connectivity index (χ0n) is 10.1. The fourth-order valence-corrected chi connectivity index (χ4v) is 1.58. The summed E-state index contributed by atoms with van der Waals surface area (Å²) >= 11 is 4.94. The van der Waals surface area contributed by atoms with Crippen LogP contribution >= 0.6 is 12.2 Å². The molecule has 1 amide bonds. The van der Waals surface area contributed by atoms with Gasteiger partial charge in [-0.2, -0.15) is 9.89 Å². The molecule has 0 spiro atoms. The molecule has 102 valence electrons. The highest BCUT2D eigenvalue weighted by molar-refractivity contribution is 7.80. The topological polar surface area (TPSA) is 96.2 Å². The maximum Gasteiger partial charge on any atom is 0.338 e. The first-order valence-electron chi connectivity index (χ1n) is 5.51. The van der Waals surface area contributed by atoms with Gasteiger partial charge in [-0.05, 0) is 24.4 Å². The van der Waals surface area contributed by atoms with E-state index in [1.165, 1.54) is 6.20 Å². The van der Waals surface area contributed by atoms with Crippen LogP contribution in [0.5, 0.6) is 0 Å². The van der Waals surface area contributed by atoms with Crippen molar-refractivity contribution < 1.29 is 14.7 Å². The molecular weight excluding hydrogens is 280 g/mol. The van der Waals surface area contributed by atoms with Crippen LogP contribution in [0.25, 0.3) is 0 Å². The van der Waals surface area contributed by atoms with Crippen molar-refractivity contribution in [1.29, 1.82) is 0 Å². The van der Waals surface area contributed by atoms with Crippen LogP contribution in [0.4, 0.5) is 0 Å². The first-order valence-corrected chi connectivity index (χ1v) is 5.92. The van der Waals surface area contributed by atoms with Crippen LogP contribution in [0.1, 0.15) is 20.7 Å². The number of nitrogens with zero attached hydrogens (tertiary/aromatic N) is 2. The standard InChI is InChI=1S/C12H10N4O3S/c17-10(8-4-2-1-3-5-8)14-12(20)15-16-7-9(6-13-16)11(18)19/h1-7H,(H,18,19)(H2,14,15,17,20). The van der Waals surface area contributed by atoms with Gasteiger partial charge in [-0.25, -0.2) is 4.79 Å². The predicted octanol–water partition coefficient (Wildman–Crippen LogP) is 0.840. The van der Waals surface area contributed by atoms with Gasteiger partial charge in [0.1, 0.15) is 0 Å². The van der Waals surface area contributed by atoms with Crippen molar-refractivity contribution >= 4 is 29.2 Å². The number of carbonyl (C=O) groups excluding carboxylic acids is 1. The number of carbonyl (C=O) groups is 2. The number of rotatable bonds is 3. The molecule has 20 heavy (non-hydrogen) atoms. The van der Waals surface area contributed by atoms with Gasteiger partial charge in [0, 0.05) is 5.56 Å². The van der Waals surface area contributed by atoms with E-state index in [-0.39, 0.29) is 16.6 Å². The summed E-state index contributed by atoms with van der Waals surface area (Å²) in [6, 6.07) is 8.56. The summed E-state index contributed by atoms with van der Waals surface area (Å²) in [5, 5.41) is 15.0. The number of hydrogen-bond donors (Lipinski definition) is 3. The molecule has 0 bridgehead atoms. The Morgan fingerprint density at radius 3 is 2.50 bits per heavy atom. The summed E-state index contributed by atoms with van der Waals surface area (Å²) in [5.41, 5.74) is 3.03. The van der Waals surface area contributed by atoms with Crippen molar-refractivity contribution in [1.82, 2.24) is 15.2 Å². The third kappa shape index (κ3) is 3.39. The second-order valence-electron chi connectivity index (χ2n) is 3.74. The number of thiocarbonyl (C=S) groups is 1. The second kappa shape index (κ2) is 5.93. The molecule has 7 nitrogen and oxygen atoms in total. The lowest BCUT2D eigenvalue weighted by molar-refractivity contribution is 0.0696. The third-order valence-corrected chi connectivity index (χ3v) is 2.50. The van der Waals surface area contributed by atoms with Gasteiger partial charge in [0.2, 0.25) is 0 Å². The first kappa shape index (κ1) is 13.7. The maximum atomic E-state index is 11.8. The molecular formula is C12H10N4O3S. The molecule has 0 saturated heterocycles. The first-order chi connectivity index (χ1) is 9.56. The van der Waals surface area contributed by atoms with E-state index in [1.54, 1.807) is 30.3 Å². The van der Waals surface area contributed by atoms with E-state index in [1.807, 2.05) is 0 Å². The van der Waals surface area contributed by atoms with Gasteiger partial charge in [-0.15, -0.1) is 0 Å². The molecule has 2 rings (SSSR count). The van der Waals surface area contributed by atoms with E-state index in [0.29, 0.717) is 5.56 Å². The number of aromatic carboxylic acids is 1. The molecule has 0 aliphatic carbocycles. The molecule has 2 aromatic rings. The Balaban J connectivity index is 1.95. The van der Waals surface area contributed by atoms with E-state index in [0.717, 1.165) is 11.0 Å². The fourth-order valence-electron chi connectivity index (χ4n) is 1.39. The Bertz CT molecular complexity index is 654. The van der Waals surface area contributed by atoms with Gasteiger partial charge in [0.25, 0.3) is 5.91 Å². The average molecular weight is 290 g/mol. The Hall–Kier alpha value is -2.74. The number of nitrogens with one attached hydrogen (secondary N) is 2. The number of amides is 1. The molecule has 0 unspecified atom stereocenters. The minimum absolute atomic E-state index is 0.00897. The molecule has 1 aromatic heterocycles. The molecule has 0 atom stereocenters. The van der Waals surface area contributed by atoms with E-state index >= 15 is 0 Å². The van der Waals surface area contributed by atoms with Gasteiger partial charge < -0.3 is 5.11 Å². The molecule has 0 radical (unpaired) electrons. The van der Waals surface area contributed by atoms with E-state index < -0.39 is 5.97 Å². The van der Waals surface area contributed by atoms with Crippen molar-refractivity contribution in [2.45, 2.75) is 0 Å². The Labute approximate surface area is 119 Å². The number of carboxylic acids is 1. The largest absolute Gasteiger partial charge is 0.478 e. The quantitative estimate of drug-likeness (QED) is 0.725. The van der Waals surface area contributed by atoms with Gasteiger partial charge in [0.15, 0.2) is 5.11 Å². The molecule has 1 aromatic carbocycles. The van der Waals surface area contributed by atoms with Gasteiger partial charge in [-0.3, -0.25) is 15.5 Å². The maximum absolute atomic E-state index is 11.8. The van der Waals surface area contributed by atoms with Crippen molar-refractivity contribution in [3.63, 3.8) is 0 Å². The lowest BCUT2D eigenvalue weighted by Gasteiger charge is -2.08. The Morgan fingerprint density at radius 1 is 1.20 bits per heavy atom. The SMILES string of the molecule is O=C(O)c1cnn(NC(=S)NC(=O)c2ccccc2)c1. The molecule has 1 heterocycles. The molecule has 0 saturated carbocycles. The second-order valence-corrected chi connectivity index (χ2v) is 4.15. The number of hydrogen-bond acceptors (Lipinski definition) is 4. The summed E-state index contributed by atoms with van der Waals surface area (Å²) in [7, 11) is 0. The van der Waals surface area contributed by atoms with Gasteiger partial charge in [0.05, 0.1) is 18.0 Å². The highest BCUT2D eigenvalue weighted by Crippen LogP contribution is 1.98. The zero-order chi connectivity index (χ0) is 14.5. The van der Waals surface area contributed by atoms with Gasteiger partial charge in [-0.1, -0.05) is 18.2 Å². The zero-order valence-corrected chi connectivity index (χ0v) is 10.9. The average Bonchev–Trinajstić information content (AvgIpc) is 2.88. The summed E-state index contributed by atoms with van der Waals surface area (Å²) < 4.78 is 0. The van der Waals surface area contributed by atoms with Crippen molar-refractivity contribution in [2.75, 3.05) is 5.43 Å². The Kier molecular flexibility index (Phi) is 4.06. The summed E-state index contributed by atoms with van der Waals surface area (Å²) in [5.74, 6) is -1.47. The normalized spacial score (nSPS) is 9.80. The fraction of sp³-hybridized carbons (Fsp3) is 0. The van der Waals surface area contributed by atoms with Crippen LogP contribution in [0.2, 0.25) is 0 Å². The molecule has 0 fully saturated rings. The van der Waals surface area contributed by atoms with E-state index in [9.17, 15) is 9.59 Å². The van der Waals surface area contributed by atoms with E-state index in [2.05, 4.69) is 15.8 Å². The molecule has 0 aliphatic heterocycles. The highest BCUT2D eigenvalue weighted by atomic mass is 32.1. The van der Waals surface area contributed by atoms with Crippen LogP contribution in [0.15, 0.2) is 42.7 Å². The predicted molar refractivity (Wildman–Crippen MR) is 75.1 cm³/mol. The molecule has 8 heteroatoms. The van der Waals surface area contributed by atoms with E-state index in [4.69, 9.17) is 17.3 Å². The molecule has 0 aliphatic rings. The monoisotopic (exact) mass is 290 g/mol. The van der Waals surface area contributed by atoms with Crippen LogP contribution in [0.3, 0.4) is 0 Å². The van der Waals surface area contributed by atoms with Crippen LogP contribution < -0.4 is 10.7 Å². The van der Waals surface area contributed by atoms with Crippen LogP contribution in [-0.2, 0) is 0 Å². The smallest absolute Gasteiger partial charge is 0.338 e. The number of carboxylic acid groups (broad SMARTS) is 1. The molecule has 3 N–H and O–H groups in total. The summed E-state index contributed by atoms with van der Waals surface area (Å²) in [6.07, 6.45) is 2.40. The Morgan fingerprint density at radius 2 is 1.90 bits per heavy atom. The number of aromatic nitrogens is 2. The minimum atomic E-state index is -1.10. The van der Waals surface area contributed by atoms with Crippen molar-refractivity contribution in [3.05, 3.63) is 53.9 Å². The van der Waals surface area contributed by atoms with Gasteiger partial charge >= 0.3 is 5.97 Å². The van der Waals surface area contributed by atoms with Crippen molar-refractivity contribution in [2.24, 2.45) is 0 Å². The lowest BCUT2D eigenvalue weighted by atomic mass is 10.2. The van der Waals surface area contributed by atoms with Crippen LogP contribution in [-0.4, -0.2) is 32.0 Å². The van der Waals surface area contributed by atoms with Crippen molar-refractivity contribution in [3.8, 4) is 0 Å².